The number of hydrogen-bond donors (Lipinski definition) is 0. The first-order valence-corrected chi connectivity index (χ1v) is 11.1. The largest absolute Gasteiger partial charge is 0.348 e. The number of halogens is 3. The third kappa shape index (κ3) is 5.09. The molecule has 0 bridgehead atoms. The summed E-state index contributed by atoms with van der Waals surface area (Å²) in [6, 6.07) is 10.4. The molecule has 0 radical (unpaired) electrons. The molecule has 4 rings (SSSR count). The average molecular weight is 475 g/mol. The predicted octanol–water partition coefficient (Wildman–Crippen LogP) is 6.34. The van der Waals surface area contributed by atoms with Gasteiger partial charge in [-0.3, -0.25) is 4.99 Å². The predicted molar refractivity (Wildman–Crippen MR) is 136 cm³/mol. The van der Waals surface area contributed by atoms with Crippen LogP contribution in [0.15, 0.2) is 99.3 Å². The van der Waals surface area contributed by atoms with E-state index in [2.05, 4.69) is 21.6 Å². The molecule has 0 amide bonds. The van der Waals surface area contributed by atoms with Crippen molar-refractivity contribution < 1.29 is 13.2 Å². The quantitative estimate of drug-likeness (QED) is 0.450. The Morgan fingerprint density at radius 1 is 1.09 bits per heavy atom. The van der Waals surface area contributed by atoms with E-state index in [4.69, 9.17) is 0 Å². The monoisotopic (exact) mass is 474 g/mol. The van der Waals surface area contributed by atoms with E-state index in [1.165, 1.54) is 24.3 Å². The molecule has 2 aromatic carbocycles. The summed E-state index contributed by atoms with van der Waals surface area (Å²) in [5, 5.41) is 0. The maximum atomic E-state index is 14.3. The van der Waals surface area contributed by atoms with Crippen LogP contribution in [0, 0.1) is 23.4 Å². The molecule has 1 atom stereocenters. The zero-order valence-corrected chi connectivity index (χ0v) is 19.8. The number of rotatable bonds is 6. The van der Waals surface area contributed by atoms with Crippen molar-refractivity contribution in [2.24, 2.45) is 20.9 Å². The van der Waals surface area contributed by atoms with Gasteiger partial charge >= 0.3 is 0 Å². The van der Waals surface area contributed by atoms with Crippen molar-refractivity contribution in [1.29, 1.82) is 0 Å². The maximum Gasteiger partial charge on any atom is 0.169 e. The van der Waals surface area contributed by atoms with E-state index in [0.29, 0.717) is 17.8 Å². The normalized spacial score (nSPS) is 18.1. The van der Waals surface area contributed by atoms with Crippen LogP contribution < -0.4 is 0 Å². The van der Waals surface area contributed by atoms with E-state index in [0.717, 1.165) is 28.6 Å². The van der Waals surface area contributed by atoms with E-state index in [-0.39, 0.29) is 23.1 Å². The second-order valence-corrected chi connectivity index (χ2v) is 8.41. The number of benzene rings is 2. The second kappa shape index (κ2) is 10.1. The Morgan fingerprint density at radius 3 is 2.60 bits per heavy atom. The SMILES string of the molecule is C=C1C(c2cccc(F)c2)=CC=C(CC(C)/C=C2/N=C(c3cccc(F)c3F)N=C2C=NC)N1C. The van der Waals surface area contributed by atoms with Gasteiger partial charge in [0.2, 0.25) is 0 Å². The number of allylic oxidation sites excluding steroid dienone is 6. The summed E-state index contributed by atoms with van der Waals surface area (Å²) in [6.07, 6.45) is 8.10. The summed E-state index contributed by atoms with van der Waals surface area (Å²) in [7, 11) is 3.54. The van der Waals surface area contributed by atoms with Gasteiger partial charge < -0.3 is 4.90 Å². The Labute approximate surface area is 202 Å². The minimum absolute atomic E-state index is 0.00379. The van der Waals surface area contributed by atoms with Crippen molar-refractivity contribution in [3.8, 4) is 0 Å². The Morgan fingerprint density at radius 2 is 1.86 bits per heavy atom. The third-order valence-corrected chi connectivity index (χ3v) is 5.86. The number of aliphatic imine (C=N–C) groups is 3. The molecule has 0 aromatic heterocycles. The van der Waals surface area contributed by atoms with Gasteiger partial charge in [-0.05, 0) is 48.2 Å². The van der Waals surface area contributed by atoms with Crippen LogP contribution in [0.25, 0.3) is 5.57 Å². The van der Waals surface area contributed by atoms with Gasteiger partial charge in [0, 0.05) is 37.3 Å². The minimum Gasteiger partial charge on any atom is -0.348 e. The highest BCUT2D eigenvalue weighted by atomic mass is 19.2. The number of nitrogens with zero attached hydrogens (tertiary/aromatic N) is 4. The average Bonchev–Trinajstić information content (AvgIpc) is 3.21. The standard InChI is InChI=1S/C28H25F3N4/c1-17(13-21-11-12-22(18(2)35(21)4)19-7-5-8-20(29)15-19)14-25-26(16-32-3)34-28(33-25)23-9-6-10-24(30)27(23)31/h5-12,14-17H,2,13H2,1,3-4H3/b25-14+,32-16?. The lowest BCUT2D eigenvalue weighted by atomic mass is 9.95. The highest BCUT2D eigenvalue weighted by Gasteiger charge is 2.23. The van der Waals surface area contributed by atoms with Crippen LogP contribution in [-0.2, 0) is 0 Å². The van der Waals surface area contributed by atoms with E-state index in [1.807, 2.05) is 43.2 Å². The summed E-state index contributed by atoms with van der Waals surface area (Å²) < 4.78 is 41.7. The fourth-order valence-electron chi connectivity index (χ4n) is 4.03. The lowest BCUT2D eigenvalue weighted by Gasteiger charge is -2.30. The summed E-state index contributed by atoms with van der Waals surface area (Å²) >= 11 is 0. The van der Waals surface area contributed by atoms with Crippen LogP contribution in [0.3, 0.4) is 0 Å². The van der Waals surface area contributed by atoms with Crippen molar-refractivity contribution in [2.75, 3.05) is 14.1 Å². The molecule has 0 aliphatic carbocycles. The molecule has 7 heteroatoms. The van der Waals surface area contributed by atoms with E-state index < -0.39 is 11.6 Å². The Kier molecular flexibility index (Phi) is 6.96. The Bertz CT molecular complexity index is 1360. The van der Waals surface area contributed by atoms with Crippen LogP contribution in [0.2, 0.25) is 0 Å². The van der Waals surface area contributed by atoms with E-state index >= 15 is 0 Å². The molecule has 2 heterocycles. The molecule has 35 heavy (non-hydrogen) atoms. The molecule has 0 saturated carbocycles. The summed E-state index contributed by atoms with van der Waals surface area (Å²) in [5.41, 5.74) is 4.47. The van der Waals surface area contributed by atoms with Crippen LogP contribution in [-0.4, -0.2) is 36.8 Å². The third-order valence-electron chi connectivity index (χ3n) is 5.86. The summed E-state index contributed by atoms with van der Waals surface area (Å²) in [4.78, 5) is 14.8. The number of hydrogen-bond acceptors (Lipinski definition) is 4. The van der Waals surface area contributed by atoms with Gasteiger partial charge in [-0.25, -0.2) is 23.2 Å². The lowest BCUT2D eigenvalue weighted by molar-refractivity contribution is 0.485. The van der Waals surface area contributed by atoms with Crippen molar-refractivity contribution in [3.63, 3.8) is 0 Å². The van der Waals surface area contributed by atoms with Gasteiger partial charge in [-0.2, -0.15) is 0 Å². The molecule has 2 aliphatic rings. The van der Waals surface area contributed by atoms with Crippen LogP contribution in [0.5, 0.6) is 0 Å². The number of amidine groups is 1. The lowest BCUT2D eigenvalue weighted by Crippen LogP contribution is -2.21. The molecule has 4 nitrogen and oxygen atoms in total. The zero-order chi connectivity index (χ0) is 25.1. The van der Waals surface area contributed by atoms with Gasteiger partial charge in [0.25, 0.3) is 0 Å². The van der Waals surface area contributed by atoms with Gasteiger partial charge in [0.15, 0.2) is 17.5 Å². The van der Waals surface area contributed by atoms with Crippen molar-refractivity contribution in [3.05, 3.63) is 113 Å². The molecule has 178 valence electrons. The molecule has 0 N–H and O–H groups in total. The van der Waals surface area contributed by atoms with Crippen LogP contribution in [0.4, 0.5) is 13.2 Å². The van der Waals surface area contributed by atoms with Crippen LogP contribution in [0.1, 0.15) is 24.5 Å². The molecular weight excluding hydrogens is 449 g/mol. The fourth-order valence-corrected chi connectivity index (χ4v) is 4.03. The topological polar surface area (TPSA) is 40.3 Å². The zero-order valence-electron chi connectivity index (χ0n) is 19.8. The smallest absolute Gasteiger partial charge is 0.169 e. The maximum absolute atomic E-state index is 14.3. The van der Waals surface area contributed by atoms with E-state index in [1.54, 1.807) is 19.3 Å². The van der Waals surface area contributed by atoms with Crippen molar-refractivity contribution in [1.82, 2.24) is 4.90 Å². The summed E-state index contributed by atoms with van der Waals surface area (Å²) in [5.74, 6) is -2.08. The van der Waals surface area contributed by atoms with Gasteiger partial charge in [-0.15, -0.1) is 0 Å². The van der Waals surface area contributed by atoms with Crippen molar-refractivity contribution >= 4 is 23.3 Å². The van der Waals surface area contributed by atoms with Gasteiger partial charge in [0.05, 0.1) is 11.3 Å². The molecule has 2 aromatic rings. The van der Waals surface area contributed by atoms with Gasteiger partial charge in [0.1, 0.15) is 11.5 Å². The number of likely N-dealkylation sites (N-methyl/N-ethyl adjacent to an activating group) is 1. The molecule has 0 saturated heterocycles. The minimum atomic E-state index is -0.981. The fraction of sp³-hybridized carbons (Fsp3) is 0.179. The van der Waals surface area contributed by atoms with Gasteiger partial charge in [-0.1, -0.05) is 43.9 Å². The second-order valence-electron chi connectivity index (χ2n) is 8.41. The van der Waals surface area contributed by atoms with Crippen molar-refractivity contribution in [2.45, 2.75) is 13.3 Å². The molecule has 0 spiro atoms. The molecular formula is C28H25F3N4. The first-order valence-electron chi connectivity index (χ1n) is 11.1. The molecule has 2 aliphatic heterocycles. The van der Waals surface area contributed by atoms with E-state index in [9.17, 15) is 13.2 Å². The first-order chi connectivity index (χ1) is 16.8. The Balaban J connectivity index is 1.59. The summed E-state index contributed by atoms with van der Waals surface area (Å²) in [6.45, 7) is 6.23. The molecule has 0 fully saturated rings. The van der Waals surface area contributed by atoms with Crippen LogP contribution >= 0.6 is 0 Å². The highest BCUT2D eigenvalue weighted by molar-refractivity contribution is 6.42. The first kappa shape index (κ1) is 24.1. The molecule has 1 unspecified atom stereocenters. The highest BCUT2D eigenvalue weighted by Crippen LogP contribution is 2.33. The Hall–Kier alpha value is -4.00.